The minimum Gasteiger partial charge on any atom is -0.386 e. The molecule has 2 saturated heterocycles. The number of rotatable bonds is 11. The van der Waals surface area contributed by atoms with Crippen molar-refractivity contribution in [2.75, 3.05) is 46.2 Å². The molecule has 0 bridgehead atoms. The van der Waals surface area contributed by atoms with Gasteiger partial charge < -0.3 is 21.1 Å². The fourth-order valence-electron chi connectivity index (χ4n) is 6.02. The smallest absolute Gasteiger partial charge is 0.329 e. The van der Waals surface area contributed by atoms with Crippen LogP contribution in [0.2, 0.25) is 25.7 Å². The number of hydrogen-bond donors (Lipinski definition) is 2. The predicted octanol–water partition coefficient (Wildman–Crippen LogP) is 3.65. The van der Waals surface area contributed by atoms with Crippen molar-refractivity contribution in [2.45, 2.75) is 97.1 Å². The molecule has 3 fully saturated rings. The monoisotopic (exact) mass is 550 g/mol. The zero-order valence-electron chi connectivity index (χ0n) is 25.1. The summed E-state index contributed by atoms with van der Waals surface area (Å²) in [4.78, 5) is 34.6. The van der Waals surface area contributed by atoms with Crippen molar-refractivity contribution in [3.63, 3.8) is 0 Å². The van der Waals surface area contributed by atoms with Crippen LogP contribution in [0.5, 0.6) is 0 Å². The fraction of sp³-hybridized carbons (Fsp3) is 0.857. The molecule has 1 saturated carbocycles. The molecular weight excluding hydrogens is 496 g/mol. The van der Waals surface area contributed by atoms with Crippen LogP contribution in [0.15, 0.2) is 11.4 Å². The van der Waals surface area contributed by atoms with Gasteiger partial charge in [-0.1, -0.05) is 39.9 Å². The van der Waals surface area contributed by atoms with Gasteiger partial charge in [-0.05, 0) is 69.5 Å². The van der Waals surface area contributed by atoms with Crippen LogP contribution in [0.25, 0.3) is 0 Å². The minimum absolute atomic E-state index is 0.0496. The molecule has 0 aromatic heterocycles. The maximum atomic E-state index is 13.4. The molecule has 3 unspecified atom stereocenters. The van der Waals surface area contributed by atoms with Crippen LogP contribution in [0, 0.1) is 11.8 Å². The van der Waals surface area contributed by atoms with Crippen molar-refractivity contribution < 1.29 is 14.3 Å². The maximum Gasteiger partial charge on any atom is 0.329 e. The van der Waals surface area contributed by atoms with E-state index < -0.39 is 13.6 Å². The van der Waals surface area contributed by atoms with Crippen molar-refractivity contribution >= 4 is 20.0 Å². The number of carbonyl (C=O) groups is 2. The molecule has 38 heavy (non-hydrogen) atoms. The Labute approximate surface area is 231 Å². The number of hydrogen-bond acceptors (Lipinski definition) is 7. The molecule has 3 aliphatic rings. The molecule has 3 rings (SSSR count). The number of urea groups is 1. The van der Waals surface area contributed by atoms with Crippen LogP contribution in [-0.4, -0.2) is 97.4 Å². The van der Waals surface area contributed by atoms with E-state index in [1.165, 1.54) is 17.7 Å². The van der Waals surface area contributed by atoms with Gasteiger partial charge in [-0.2, -0.15) is 0 Å². The highest BCUT2D eigenvalue weighted by molar-refractivity contribution is 6.76. The zero-order chi connectivity index (χ0) is 28.3. The van der Waals surface area contributed by atoms with E-state index in [9.17, 15) is 9.59 Å². The third kappa shape index (κ3) is 7.52. The number of amides is 3. The lowest BCUT2D eigenvalue weighted by Gasteiger charge is -2.46. The molecule has 0 aromatic carbocycles. The van der Waals surface area contributed by atoms with Crippen molar-refractivity contribution in [3.8, 4) is 0 Å². The first-order valence-corrected chi connectivity index (χ1v) is 18.4. The second-order valence-corrected chi connectivity index (χ2v) is 19.2. The third-order valence-electron chi connectivity index (χ3n) is 8.80. The lowest BCUT2D eigenvalue weighted by molar-refractivity contribution is -0.135. The Morgan fingerprint density at radius 2 is 1.84 bits per heavy atom. The van der Waals surface area contributed by atoms with Crippen LogP contribution >= 0.6 is 0 Å². The van der Waals surface area contributed by atoms with Crippen LogP contribution in [0.1, 0.15) is 59.8 Å². The zero-order valence-corrected chi connectivity index (χ0v) is 26.1. The number of ether oxygens (including phenoxy) is 1. The third-order valence-corrected chi connectivity index (χ3v) is 10.5. The molecule has 3 atom stereocenters. The number of nitrogens with two attached hydrogens (primary N) is 2. The minimum atomic E-state index is -1.23. The van der Waals surface area contributed by atoms with Gasteiger partial charge in [0.25, 0.3) is 5.91 Å². The van der Waals surface area contributed by atoms with Crippen LogP contribution in [0.3, 0.4) is 0 Å². The Balaban J connectivity index is 1.59. The molecule has 10 heteroatoms. The molecule has 9 nitrogen and oxygen atoms in total. The van der Waals surface area contributed by atoms with Crippen molar-refractivity contribution in [3.05, 3.63) is 11.4 Å². The Kier molecular flexibility index (Phi) is 10.3. The van der Waals surface area contributed by atoms with Gasteiger partial charge in [0.05, 0.1) is 12.5 Å². The van der Waals surface area contributed by atoms with E-state index in [2.05, 4.69) is 43.3 Å². The lowest BCUT2D eigenvalue weighted by atomic mass is 9.76. The number of nitrogens with zero attached hydrogens (tertiary/aromatic N) is 4. The lowest BCUT2D eigenvalue weighted by Crippen LogP contribution is -2.54. The van der Waals surface area contributed by atoms with Crippen LogP contribution < -0.4 is 11.5 Å². The molecule has 2 aliphatic heterocycles. The van der Waals surface area contributed by atoms with E-state index in [-0.39, 0.29) is 18.7 Å². The molecule has 2 heterocycles. The van der Waals surface area contributed by atoms with Gasteiger partial charge in [-0.3, -0.25) is 14.6 Å². The van der Waals surface area contributed by atoms with Crippen LogP contribution in [0.4, 0.5) is 4.79 Å². The summed E-state index contributed by atoms with van der Waals surface area (Å²) in [6.07, 6.45) is 5.53. The number of unbranched alkanes of at least 4 members (excludes halogenated alkanes) is 1. The highest BCUT2D eigenvalue weighted by Crippen LogP contribution is 2.37. The molecule has 1 aliphatic carbocycles. The molecule has 0 spiro atoms. The quantitative estimate of drug-likeness (QED) is 0.230. The summed E-state index contributed by atoms with van der Waals surface area (Å²) in [5.74, 6) is 1.12. The van der Waals surface area contributed by atoms with Gasteiger partial charge in [0.2, 0.25) is 0 Å². The fourth-order valence-corrected chi connectivity index (χ4v) is 6.78. The summed E-state index contributed by atoms with van der Waals surface area (Å²) < 4.78 is 5.79. The molecule has 4 N–H and O–H groups in total. The average molecular weight is 551 g/mol. The molecule has 3 amide bonds. The van der Waals surface area contributed by atoms with Gasteiger partial charge in [-0.25, -0.2) is 9.69 Å². The Hall–Kier alpha value is -1.62. The van der Waals surface area contributed by atoms with Gasteiger partial charge >= 0.3 is 6.03 Å². The van der Waals surface area contributed by atoms with E-state index in [0.29, 0.717) is 36.9 Å². The van der Waals surface area contributed by atoms with Crippen molar-refractivity contribution in [2.24, 2.45) is 23.3 Å². The van der Waals surface area contributed by atoms with E-state index in [1.807, 2.05) is 13.8 Å². The van der Waals surface area contributed by atoms with Gasteiger partial charge in [-0.15, -0.1) is 0 Å². The molecule has 0 aromatic rings. The SMILES string of the molecule is CCCCN1CC(=C(N)N)CN(C2CCC(CN3C(=O)N(COCC[Si](C)(C)C)C(=O)C3(C)C)C(C)C2)C1. The van der Waals surface area contributed by atoms with Crippen molar-refractivity contribution in [1.82, 2.24) is 19.6 Å². The first kappa shape index (κ1) is 30.9. The Morgan fingerprint density at radius 3 is 2.45 bits per heavy atom. The Morgan fingerprint density at radius 1 is 1.13 bits per heavy atom. The topological polar surface area (TPSA) is 108 Å². The summed E-state index contributed by atoms with van der Waals surface area (Å²) in [5, 5.41) is 0. The van der Waals surface area contributed by atoms with Crippen molar-refractivity contribution in [1.29, 1.82) is 0 Å². The molecule has 218 valence electrons. The first-order valence-electron chi connectivity index (χ1n) is 14.6. The van der Waals surface area contributed by atoms with Gasteiger partial charge in [0.15, 0.2) is 0 Å². The summed E-state index contributed by atoms with van der Waals surface area (Å²) >= 11 is 0. The largest absolute Gasteiger partial charge is 0.386 e. The maximum absolute atomic E-state index is 13.4. The number of imide groups is 1. The van der Waals surface area contributed by atoms with Gasteiger partial charge in [0, 0.05) is 40.4 Å². The number of carbonyl (C=O) groups excluding carboxylic acids is 2. The van der Waals surface area contributed by atoms with E-state index in [1.54, 1.807) is 4.90 Å². The van der Waals surface area contributed by atoms with E-state index in [0.717, 1.165) is 57.2 Å². The summed E-state index contributed by atoms with van der Waals surface area (Å²) in [6.45, 7) is 20.1. The standard InChI is InChI=1S/C28H54N6O3Si/c1-8-9-12-31-16-23(25(29)30)17-32(19-31)24-11-10-22(21(2)15-24)18-34-27(36)33(26(35)28(34,3)4)20-37-13-14-38(5,6)7/h21-22,24H,8-20,29-30H2,1-7H3. The second-order valence-electron chi connectivity index (χ2n) is 13.6. The average Bonchev–Trinajstić information content (AvgIpc) is 3.00. The van der Waals surface area contributed by atoms with Gasteiger partial charge in [0.1, 0.15) is 12.3 Å². The highest BCUT2D eigenvalue weighted by atomic mass is 28.3. The molecule has 0 radical (unpaired) electrons. The summed E-state index contributed by atoms with van der Waals surface area (Å²) in [7, 11) is -1.23. The van der Waals surface area contributed by atoms with Crippen LogP contribution in [-0.2, 0) is 9.53 Å². The van der Waals surface area contributed by atoms with E-state index in [4.69, 9.17) is 16.2 Å². The highest BCUT2D eigenvalue weighted by Gasteiger charge is 2.52. The Bertz CT molecular complexity index is 869. The summed E-state index contributed by atoms with van der Waals surface area (Å²) in [6, 6.07) is 1.28. The second kappa shape index (κ2) is 12.7. The predicted molar refractivity (Wildman–Crippen MR) is 156 cm³/mol. The first-order chi connectivity index (χ1) is 17.7. The molecular formula is C28H54N6O3Si. The summed E-state index contributed by atoms with van der Waals surface area (Å²) in [5.41, 5.74) is 12.4. The normalized spacial score (nSPS) is 27.4. The van der Waals surface area contributed by atoms with E-state index >= 15 is 0 Å².